The molecule has 2 aromatic rings. The number of ether oxygens (including phenoxy) is 1. The van der Waals surface area contributed by atoms with Gasteiger partial charge >= 0.3 is 12.1 Å². The molecule has 7 heteroatoms. The minimum atomic E-state index is -1.12. The molecule has 0 bridgehead atoms. The van der Waals surface area contributed by atoms with Gasteiger partial charge in [0, 0.05) is 19.7 Å². The molecule has 1 heterocycles. The number of carbonyl (C=O) groups is 2. The maximum atomic E-state index is 11.7. The van der Waals surface area contributed by atoms with Crippen LogP contribution in [-0.4, -0.2) is 33.0 Å². The number of aliphatic carboxylic acids is 1. The van der Waals surface area contributed by atoms with E-state index in [0.717, 1.165) is 11.1 Å². The summed E-state index contributed by atoms with van der Waals surface area (Å²) in [5.41, 5.74) is 1.55. The Morgan fingerprint density at radius 1 is 1.32 bits per heavy atom. The van der Waals surface area contributed by atoms with Gasteiger partial charge in [-0.15, -0.1) is 0 Å². The average Bonchev–Trinajstić information content (AvgIpc) is 2.91. The van der Waals surface area contributed by atoms with Crippen LogP contribution in [0.2, 0.25) is 0 Å². The highest BCUT2D eigenvalue weighted by Gasteiger charge is 2.21. The summed E-state index contributed by atoms with van der Waals surface area (Å²) < 4.78 is 6.59. The van der Waals surface area contributed by atoms with Gasteiger partial charge in [0.1, 0.15) is 12.6 Å². The van der Waals surface area contributed by atoms with Crippen molar-refractivity contribution in [2.75, 3.05) is 0 Å². The van der Waals surface area contributed by atoms with Crippen molar-refractivity contribution in [1.29, 1.82) is 0 Å². The number of nitrogens with one attached hydrogen (secondary N) is 1. The zero-order valence-corrected chi connectivity index (χ0v) is 12.1. The number of carboxylic acid groups (broad SMARTS) is 1. The SMILES string of the molecule is Cn1cc(CC(NC(=O)OCc2ccccc2)C(=O)O)cn1. The van der Waals surface area contributed by atoms with Gasteiger partial charge in [-0.05, 0) is 11.1 Å². The van der Waals surface area contributed by atoms with Crippen molar-refractivity contribution in [2.45, 2.75) is 19.1 Å². The number of hydrogen-bond acceptors (Lipinski definition) is 4. The third-order valence-electron chi connectivity index (χ3n) is 3.00. The number of hydrogen-bond donors (Lipinski definition) is 2. The van der Waals surface area contributed by atoms with E-state index in [0.29, 0.717) is 0 Å². The fourth-order valence-corrected chi connectivity index (χ4v) is 1.92. The predicted octanol–water partition coefficient (Wildman–Crippen LogP) is 1.34. The van der Waals surface area contributed by atoms with Crippen LogP contribution in [0.5, 0.6) is 0 Å². The molecule has 0 radical (unpaired) electrons. The Morgan fingerprint density at radius 3 is 2.64 bits per heavy atom. The summed E-state index contributed by atoms with van der Waals surface area (Å²) in [6.45, 7) is 0.0892. The van der Waals surface area contributed by atoms with Gasteiger partial charge in [0.25, 0.3) is 0 Å². The van der Waals surface area contributed by atoms with Crippen LogP contribution in [0.4, 0.5) is 4.79 Å². The first-order chi connectivity index (χ1) is 10.5. The second kappa shape index (κ2) is 7.26. The standard InChI is InChI=1S/C15H17N3O4/c1-18-9-12(8-16-18)7-13(14(19)20)17-15(21)22-10-11-5-3-2-4-6-11/h2-6,8-9,13H,7,10H2,1H3,(H,17,21)(H,19,20). The second-order valence-corrected chi connectivity index (χ2v) is 4.82. The summed E-state index contributed by atoms with van der Waals surface area (Å²) in [5.74, 6) is -1.12. The monoisotopic (exact) mass is 303 g/mol. The van der Waals surface area contributed by atoms with Crippen LogP contribution >= 0.6 is 0 Å². The summed E-state index contributed by atoms with van der Waals surface area (Å²) in [6.07, 6.45) is 2.64. The Labute approximate surface area is 127 Å². The van der Waals surface area contributed by atoms with Gasteiger partial charge in [0.15, 0.2) is 0 Å². The van der Waals surface area contributed by atoms with E-state index in [-0.39, 0.29) is 13.0 Å². The molecular weight excluding hydrogens is 286 g/mol. The van der Waals surface area contributed by atoms with Crippen LogP contribution in [0.1, 0.15) is 11.1 Å². The molecule has 0 saturated carbocycles. The van der Waals surface area contributed by atoms with Crippen molar-refractivity contribution < 1.29 is 19.4 Å². The quantitative estimate of drug-likeness (QED) is 0.840. The summed E-state index contributed by atoms with van der Waals surface area (Å²) in [6, 6.07) is 8.10. The number of nitrogens with zero attached hydrogens (tertiary/aromatic N) is 2. The first-order valence-electron chi connectivity index (χ1n) is 6.72. The normalized spacial score (nSPS) is 11.7. The van der Waals surface area contributed by atoms with Gasteiger partial charge in [-0.1, -0.05) is 30.3 Å². The Hall–Kier alpha value is -2.83. The molecule has 1 aromatic heterocycles. The van der Waals surface area contributed by atoms with Gasteiger partial charge in [0.05, 0.1) is 6.20 Å². The molecule has 2 N–H and O–H groups in total. The molecular formula is C15H17N3O4. The number of aromatic nitrogens is 2. The number of benzene rings is 1. The predicted molar refractivity (Wildman–Crippen MR) is 78.1 cm³/mol. The lowest BCUT2D eigenvalue weighted by atomic mass is 10.1. The number of alkyl carbamates (subject to hydrolysis) is 1. The molecule has 0 aliphatic carbocycles. The second-order valence-electron chi connectivity index (χ2n) is 4.82. The molecule has 0 spiro atoms. The average molecular weight is 303 g/mol. The highest BCUT2D eigenvalue weighted by molar-refractivity contribution is 5.80. The number of amides is 1. The highest BCUT2D eigenvalue weighted by atomic mass is 16.5. The van der Waals surface area contributed by atoms with E-state index in [1.165, 1.54) is 0 Å². The van der Waals surface area contributed by atoms with E-state index in [2.05, 4.69) is 10.4 Å². The van der Waals surface area contributed by atoms with Crippen LogP contribution in [-0.2, 0) is 29.6 Å². The van der Waals surface area contributed by atoms with Crippen LogP contribution in [0.3, 0.4) is 0 Å². The highest BCUT2D eigenvalue weighted by Crippen LogP contribution is 2.04. The van der Waals surface area contributed by atoms with Gasteiger partial charge < -0.3 is 15.2 Å². The van der Waals surface area contributed by atoms with Crippen LogP contribution < -0.4 is 5.32 Å². The van der Waals surface area contributed by atoms with E-state index in [9.17, 15) is 14.7 Å². The third-order valence-corrected chi connectivity index (χ3v) is 3.00. The summed E-state index contributed by atoms with van der Waals surface area (Å²) in [7, 11) is 1.74. The van der Waals surface area contributed by atoms with Crippen LogP contribution in [0.25, 0.3) is 0 Å². The molecule has 7 nitrogen and oxygen atoms in total. The Kier molecular flexibility index (Phi) is 5.13. The Bertz CT molecular complexity index is 639. The first-order valence-corrected chi connectivity index (χ1v) is 6.72. The molecule has 1 amide bonds. The van der Waals surface area contributed by atoms with Gasteiger partial charge in [0.2, 0.25) is 0 Å². The lowest BCUT2D eigenvalue weighted by molar-refractivity contribution is -0.139. The third kappa shape index (κ3) is 4.62. The molecule has 0 aliphatic rings. The van der Waals surface area contributed by atoms with E-state index < -0.39 is 18.1 Å². The summed E-state index contributed by atoms with van der Waals surface area (Å²) >= 11 is 0. The van der Waals surface area contributed by atoms with Crippen molar-refractivity contribution in [3.8, 4) is 0 Å². The van der Waals surface area contributed by atoms with Crippen LogP contribution in [0.15, 0.2) is 42.7 Å². The smallest absolute Gasteiger partial charge is 0.408 e. The number of carboxylic acids is 1. The molecule has 0 aliphatic heterocycles. The molecule has 1 unspecified atom stereocenters. The van der Waals surface area contributed by atoms with E-state index in [1.807, 2.05) is 30.3 Å². The maximum Gasteiger partial charge on any atom is 0.408 e. The van der Waals surface area contributed by atoms with Crippen LogP contribution in [0, 0.1) is 0 Å². The molecule has 1 atom stereocenters. The van der Waals surface area contributed by atoms with Crippen molar-refractivity contribution in [2.24, 2.45) is 7.05 Å². The van der Waals surface area contributed by atoms with Gasteiger partial charge in [-0.2, -0.15) is 5.10 Å². The topological polar surface area (TPSA) is 93.5 Å². The minimum Gasteiger partial charge on any atom is -0.480 e. The number of rotatable bonds is 6. The molecule has 1 aromatic carbocycles. The Morgan fingerprint density at radius 2 is 2.05 bits per heavy atom. The lowest BCUT2D eigenvalue weighted by Gasteiger charge is -2.13. The maximum absolute atomic E-state index is 11.7. The van der Waals surface area contributed by atoms with Crippen molar-refractivity contribution in [1.82, 2.24) is 15.1 Å². The molecule has 116 valence electrons. The lowest BCUT2D eigenvalue weighted by Crippen LogP contribution is -2.42. The van der Waals surface area contributed by atoms with Crippen molar-refractivity contribution >= 4 is 12.1 Å². The first kappa shape index (κ1) is 15.6. The van der Waals surface area contributed by atoms with E-state index in [4.69, 9.17) is 4.74 Å². The molecule has 0 saturated heterocycles. The van der Waals surface area contributed by atoms with Crippen molar-refractivity contribution in [3.05, 3.63) is 53.9 Å². The summed E-state index contributed by atoms with van der Waals surface area (Å²) in [4.78, 5) is 22.9. The van der Waals surface area contributed by atoms with E-state index in [1.54, 1.807) is 24.1 Å². The fourth-order valence-electron chi connectivity index (χ4n) is 1.92. The molecule has 0 fully saturated rings. The summed E-state index contributed by atoms with van der Waals surface area (Å²) in [5, 5.41) is 15.5. The zero-order chi connectivity index (χ0) is 15.9. The zero-order valence-electron chi connectivity index (χ0n) is 12.1. The fraction of sp³-hybridized carbons (Fsp3) is 0.267. The van der Waals surface area contributed by atoms with E-state index >= 15 is 0 Å². The molecule has 2 rings (SSSR count). The van der Waals surface area contributed by atoms with Gasteiger partial charge in [-0.25, -0.2) is 9.59 Å². The van der Waals surface area contributed by atoms with Crippen molar-refractivity contribution in [3.63, 3.8) is 0 Å². The Balaban J connectivity index is 1.87. The molecule has 22 heavy (non-hydrogen) atoms. The largest absolute Gasteiger partial charge is 0.480 e. The van der Waals surface area contributed by atoms with Gasteiger partial charge in [-0.3, -0.25) is 4.68 Å². The number of aryl methyl sites for hydroxylation is 1. The minimum absolute atomic E-state index is 0.0892. The number of carbonyl (C=O) groups excluding carboxylic acids is 1.